The molecule has 4 aromatic rings. The minimum Gasteiger partial charge on any atom is -0.294 e. The van der Waals surface area contributed by atoms with Crippen LogP contribution in [0, 0.1) is 0 Å². The number of aromatic nitrogens is 3. The predicted octanol–water partition coefficient (Wildman–Crippen LogP) is 5.57. The van der Waals surface area contributed by atoms with E-state index in [9.17, 15) is 4.79 Å². The summed E-state index contributed by atoms with van der Waals surface area (Å²) in [5.74, 6) is 0.0497. The first kappa shape index (κ1) is 18.3. The van der Waals surface area contributed by atoms with Crippen LogP contribution in [-0.4, -0.2) is 20.8 Å². The van der Waals surface area contributed by atoms with Crippen molar-refractivity contribution in [1.29, 1.82) is 0 Å². The zero-order chi connectivity index (χ0) is 19.3. The number of benzene rings is 3. The summed E-state index contributed by atoms with van der Waals surface area (Å²) in [5.41, 5.74) is 3.46. The summed E-state index contributed by atoms with van der Waals surface area (Å²) >= 11 is 3.43. The topological polar surface area (TPSA) is 47.8 Å². The molecular formula is C23H18BrN3O. The maximum Gasteiger partial charge on any atom is 0.165 e. The third-order valence-corrected chi connectivity index (χ3v) is 5.06. The summed E-state index contributed by atoms with van der Waals surface area (Å²) in [4.78, 5) is 14.6. The van der Waals surface area contributed by atoms with Gasteiger partial charge in [-0.3, -0.25) is 4.79 Å². The SMILES string of the molecule is O=C(CC(c1ccccc1)n1ncc(-c2ccccc2)n1)c1cccc(Br)c1. The quantitative estimate of drug-likeness (QED) is 0.375. The molecule has 0 aliphatic carbocycles. The van der Waals surface area contributed by atoms with Crippen molar-refractivity contribution < 1.29 is 4.79 Å². The van der Waals surface area contributed by atoms with Gasteiger partial charge in [-0.2, -0.15) is 15.0 Å². The van der Waals surface area contributed by atoms with Crippen molar-refractivity contribution in [3.05, 3.63) is 107 Å². The Morgan fingerprint density at radius 2 is 1.64 bits per heavy atom. The highest BCUT2D eigenvalue weighted by Crippen LogP contribution is 2.25. The molecule has 0 aliphatic heterocycles. The van der Waals surface area contributed by atoms with Crippen LogP contribution in [0.15, 0.2) is 95.6 Å². The lowest BCUT2D eigenvalue weighted by atomic mass is 9.98. The third-order valence-electron chi connectivity index (χ3n) is 4.57. The fourth-order valence-electron chi connectivity index (χ4n) is 3.13. The number of hydrogen-bond acceptors (Lipinski definition) is 3. The van der Waals surface area contributed by atoms with Crippen LogP contribution in [0.5, 0.6) is 0 Å². The number of Topliss-reactive ketones (excluding diaryl/α,β-unsaturated/α-hetero) is 1. The summed E-state index contributed by atoms with van der Waals surface area (Å²) < 4.78 is 0.887. The van der Waals surface area contributed by atoms with Gasteiger partial charge in [0.1, 0.15) is 11.7 Å². The van der Waals surface area contributed by atoms with E-state index in [0.717, 1.165) is 21.3 Å². The average Bonchev–Trinajstić information content (AvgIpc) is 3.23. The summed E-state index contributed by atoms with van der Waals surface area (Å²) in [6, 6.07) is 27.0. The largest absolute Gasteiger partial charge is 0.294 e. The normalized spacial score (nSPS) is 11.9. The number of halogens is 1. The van der Waals surface area contributed by atoms with Crippen molar-refractivity contribution in [2.75, 3.05) is 0 Å². The maximum absolute atomic E-state index is 12.9. The van der Waals surface area contributed by atoms with Crippen LogP contribution in [0.3, 0.4) is 0 Å². The summed E-state index contributed by atoms with van der Waals surface area (Å²) in [6.07, 6.45) is 2.03. The molecule has 1 atom stereocenters. The molecule has 1 heterocycles. The maximum atomic E-state index is 12.9. The molecule has 0 amide bonds. The van der Waals surface area contributed by atoms with Crippen molar-refractivity contribution in [3.63, 3.8) is 0 Å². The zero-order valence-corrected chi connectivity index (χ0v) is 16.7. The van der Waals surface area contributed by atoms with Gasteiger partial charge in [0, 0.05) is 22.0 Å². The van der Waals surface area contributed by atoms with E-state index in [4.69, 9.17) is 0 Å². The van der Waals surface area contributed by atoms with Crippen molar-refractivity contribution in [2.45, 2.75) is 12.5 Å². The molecule has 0 saturated heterocycles. The molecule has 0 radical (unpaired) electrons. The highest BCUT2D eigenvalue weighted by atomic mass is 79.9. The van der Waals surface area contributed by atoms with Crippen LogP contribution in [0.25, 0.3) is 11.3 Å². The van der Waals surface area contributed by atoms with Crippen LogP contribution >= 0.6 is 15.9 Å². The highest BCUT2D eigenvalue weighted by molar-refractivity contribution is 9.10. The number of nitrogens with zero attached hydrogens (tertiary/aromatic N) is 3. The number of ketones is 1. The fraction of sp³-hybridized carbons (Fsp3) is 0.0870. The van der Waals surface area contributed by atoms with Gasteiger partial charge < -0.3 is 0 Å². The summed E-state index contributed by atoms with van der Waals surface area (Å²) in [5, 5.41) is 9.14. The van der Waals surface area contributed by atoms with Crippen LogP contribution in [0.1, 0.15) is 28.4 Å². The molecule has 1 unspecified atom stereocenters. The second-order valence-electron chi connectivity index (χ2n) is 6.48. The number of carbonyl (C=O) groups excluding carboxylic acids is 1. The van der Waals surface area contributed by atoms with Crippen molar-refractivity contribution in [3.8, 4) is 11.3 Å². The molecule has 5 heteroatoms. The molecule has 3 aromatic carbocycles. The average molecular weight is 432 g/mol. The summed E-state index contributed by atoms with van der Waals surface area (Å²) in [7, 11) is 0. The van der Waals surface area contributed by atoms with E-state index in [-0.39, 0.29) is 18.2 Å². The molecule has 138 valence electrons. The van der Waals surface area contributed by atoms with Gasteiger partial charge in [0.2, 0.25) is 0 Å². The molecule has 4 rings (SSSR count). The molecule has 0 fully saturated rings. The Balaban J connectivity index is 1.67. The Morgan fingerprint density at radius 3 is 2.36 bits per heavy atom. The zero-order valence-electron chi connectivity index (χ0n) is 15.1. The minimum atomic E-state index is -0.273. The van der Waals surface area contributed by atoms with Gasteiger partial charge in [-0.1, -0.05) is 88.7 Å². The predicted molar refractivity (Wildman–Crippen MR) is 113 cm³/mol. The Morgan fingerprint density at radius 1 is 0.929 bits per heavy atom. The lowest BCUT2D eigenvalue weighted by molar-refractivity contribution is 0.0964. The Labute approximate surface area is 172 Å². The second kappa shape index (κ2) is 8.31. The number of hydrogen-bond donors (Lipinski definition) is 0. The smallest absolute Gasteiger partial charge is 0.165 e. The van der Waals surface area contributed by atoms with Gasteiger partial charge in [0.15, 0.2) is 5.78 Å². The molecule has 0 saturated carbocycles. The minimum absolute atomic E-state index is 0.0497. The monoisotopic (exact) mass is 431 g/mol. The van der Waals surface area contributed by atoms with Gasteiger partial charge in [-0.25, -0.2) is 0 Å². The Hall–Kier alpha value is -3.05. The molecule has 1 aromatic heterocycles. The van der Waals surface area contributed by atoms with E-state index in [0.29, 0.717) is 5.56 Å². The first-order valence-corrected chi connectivity index (χ1v) is 9.81. The van der Waals surface area contributed by atoms with Crippen LogP contribution in [0.4, 0.5) is 0 Å². The highest BCUT2D eigenvalue weighted by Gasteiger charge is 2.21. The van der Waals surface area contributed by atoms with E-state index >= 15 is 0 Å². The van der Waals surface area contributed by atoms with Gasteiger partial charge in [0.25, 0.3) is 0 Å². The van der Waals surface area contributed by atoms with E-state index in [1.165, 1.54) is 0 Å². The molecule has 28 heavy (non-hydrogen) atoms. The van der Waals surface area contributed by atoms with Gasteiger partial charge in [-0.05, 0) is 17.7 Å². The van der Waals surface area contributed by atoms with Crippen molar-refractivity contribution >= 4 is 21.7 Å². The molecule has 0 bridgehead atoms. The molecule has 4 nitrogen and oxygen atoms in total. The number of carbonyl (C=O) groups is 1. The van der Waals surface area contributed by atoms with E-state index in [1.54, 1.807) is 11.0 Å². The fourth-order valence-corrected chi connectivity index (χ4v) is 3.53. The van der Waals surface area contributed by atoms with Crippen molar-refractivity contribution in [1.82, 2.24) is 15.0 Å². The molecular weight excluding hydrogens is 414 g/mol. The van der Waals surface area contributed by atoms with E-state index in [2.05, 4.69) is 26.1 Å². The number of rotatable bonds is 6. The van der Waals surface area contributed by atoms with Gasteiger partial charge in [-0.15, -0.1) is 0 Å². The lowest BCUT2D eigenvalue weighted by Gasteiger charge is -2.16. The lowest BCUT2D eigenvalue weighted by Crippen LogP contribution is -2.18. The third kappa shape index (κ3) is 4.10. The van der Waals surface area contributed by atoms with Crippen LogP contribution in [0.2, 0.25) is 0 Å². The van der Waals surface area contributed by atoms with Gasteiger partial charge in [0.05, 0.1) is 6.20 Å². The van der Waals surface area contributed by atoms with Crippen LogP contribution < -0.4 is 0 Å². The van der Waals surface area contributed by atoms with Crippen molar-refractivity contribution in [2.24, 2.45) is 0 Å². The standard InChI is InChI=1S/C23H18BrN3O/c24-20-13-7-12-19(14-20)23(28)15-22(18-10-5-2-6-11-18)27-25-16-21(26-27)17-8-3-1-4-9-17/h1-14,16,22H,15H2. The van der Waals surface area contributed by atoms with E-state index < -0.39 is 0 Å². The molecule has 0 aliphatic rings. The molecule has 0 spiro atoms. The van der Waals surface area contributed by atoms with E-state index in [1.807, 2.05) is 84.9 Å². The Bertz CT molecular complexity index is 1080. The summed E-state index contributed by atoms with van der Waals surface area (Å²) in [6.45, 7) is 0. The second-order valence-corrected chi connectivity index (χ2v) is 7.40. The first-order chi connectivity index (χ1) is 13.7. The molecule has 0 N–H and O–H groups in total. The van der Waals surface area contributed by atoms with Crippen LogP contribution in [-0.2, 0) is 0 Å². The Kier molecular flexibility index (Phi) is 5.44. The first-order valence-electron chi connectivity index (χ1n) is 9.01. The van der Waals surface area contributed by atoms with Gasteiger partial charge >= 0.3 is 0 Å².